The summed E-state index contributed by atoms with van der Waals surface area (Å²) in [7, 11) is 1.54. The van der Waals surface area contributed by atoms with Crippen LogP contribution in [0.1, 0.15) is 16.6 Å². The highest BCUT2D eigenvalue weighted by Crippen LogP contribution is 2.23. The molecule has 0 aliphatic rings. The minimum Gasteiger partial charge on any atom is -0.495 e. The normalized spacial score (nSPS) is 11.9. The molecule has 0 saturated carbocycles. The number of rotatable bonds is 5. The smallest absolute Gasteiger partial charge is 0.265 e. The van der Waals surface area contributed by atoms with E-state index in [1.807, 2.05) is 12.3 Å². The van der Waals surface area contributed by atoms with E-state index in [1.165, 1.54) is 18.4 Å². The third-order valence-corrected chi connectivity index (χ3v) is 3.41. The molecule has 6 heteroatoms. The number of carbonyl (C=O) groups is 1. The van der Waals surface area contributed by atoms with Crippen LogP contribution in [0.15, 0.2) is 11.4 Å². The molecule has 0 bridgehead atoms. The average molecular weight is 258 g/mol. The van der Waals surface area contributed by atoms with Crippen LogP contribution in [0.4, 0.5) is 0 Å². The summed E-state index contributed by atoms with van der Waals surface area (Å²) in [6, 6.07) is 1.76. The Bertz CT molecular complexity index is 390. The first-order valence-corrected chi connectivity index (χ1v) is 6.04. The van der Waals surface area contributed by atoms with Crippen molar-refractivity contribution in [2.24, 2.45) is 11.7 Å². The van der Waals surface area contributed by atoms with Crippen molar-refractivity contribution in [3.8, 4) is 5.75 Å². The quantitative estimate of drug-likeness (QED) is 0.784. The zero-order chi connectivity index (χ0) is 12.1. The summed E-state index contributed by atoms with van der Waals surface area (Å²) >= 11 is 6.16. The van der Waals surface area contributed by atoms with Gasteiger partial charge in [0.2, 0.25) is 0 Å². The lowest BCUT2D eigenvalue weighted by Crippen LogP contribution is -2.33. The molecule has 1 unspecified atom stereocenters. The molecule has 1 heterocycles. The molecule has 3 N–H and O–H groups in total. The van der Waals surface area contributed by atoms with Crippen LogP contribution >= 0.6 is 23.6 Å². The van der Waals surface area contributed by atoms with Crippen molar-refractivity contribution in [1.29, 1.82) is 0 Å². The highest BCUT2D eigenvalue weighted by Gasteiger charge is 2.14. The van der Waals surface area contributed by atoms with Gasteiger partial charge in [-0.15, -0.1) is 11.3 Å². The van der Waals surface area contributed by atoms with E-state index < -0.39 is 0 Å². The maximum Gasteiger partial charge on any atom is 0.265 e. The lowest BCUT2D eigenvalue weighted by Gasteiger charge is -2.10. The van der Waals surface area contributed by atoms with Crippen LogP contribution in [0.25, 0.3) is 0 Å². The topological polar surface area (TPSA) is 64.3 Å². The maximum atomic E-state index is 11.7. The second kappa shape index (κ2) is 5.81. The predicted octanol–water partition coefficient (Wildman–Crippen LogP) is 1.41. The van der Waals surface area contributed by atoms with Crippen LogP contribution in [-0.2, 0) is 0 Å². The Morgan fingerprint density at radius 2 is 2.44 bits per heavy atom. The minimum absolute atomic E-state index is 0.00935. The summed E-state index contributed by atoms with van der Waals surface area (Å²) in [5, 5.41) is 4.58. The van der Waals surface area contributed by atoms with Crippen LogP contribution < -0.4 is 15.8 Å². The Morgan fingerprint density at radius 1 is 1.75 bits per heavy atom. The SMILES string of the molecule is COc1ccsc1C(=O)NCC(C)C(N)=S. The first-order chi connectivity index (χ1) is 7.56. The van der Waals surface area contributed by atoms with Crippen LogP contribution in [0, 0.1) is 5.92 Å². The molecule has 0 spiro atoms. The molecule has 1 aromatic heterocycles. The highest BCUT2D eigenvalue weighted by molar-refractivity contribution is 7.80. The molecule has 0 fully saturated rings. The average Bonchev–Trinajstić information content (AvgIpc) is 2.73. The first kappa shape index (κ1) is 12.9. The summed E-state index contributed by atoms with van der Waals surface area (Å²) in [6.45, 7) is 2.31. The molecule has 1 rings (SSSR count). The zero-order valence-electron chi connectivity index (χ0n) is 9.15. The van der Waals surface area contributed by atoms with Crippen LogP contribution in [0.5, 0.6) is 5.75 Å². The number of thiocarbonyl (C=S) groups is 1. The summed E-state index contributed by atoms with van der Waals surface area (Å²) in [5.41, 5.74) is 5.45. The van der Waals surface area contributed by atoms with Crippen molar-refractivity contribution in [2.75, 3.05) is 13.7 Å². The number of amides is 1. The lowest BCUT2D eigenvalue weighted by atomic mass is 10.2. The Kier molecular flexibility index (Phi) is 4.70. The highest BCUT2D eigenvalue weighted by atomic mass is 32.1. The Balaban J connectivity index is 2.56. The van der Waals surface area contributed by atoms with E-state index in [0.29, 0.717) is 22.2 Å². The number of carbonyl (C=O) groups excluding carboxylic acids is 1. The molecule has 0 aliphatic carbocycles. The van der Waals surface area contributed by atoms with Crippen molar-refractivity contribution in [1.82, 2.24) is 5.32 Å². The van der Waals surface area contributed by atoms with Gasteiger partial charge in [-0.1, -0.05) is 19.1 Å². The molecule has 0 saturated heterocycles. The third-order valence-electron chi connectivity index (χ3n) is 2.11. The molecule has 1 amide bonds. The maximum absolute atomic E-state index is 11.7. The van der Waals surface area contributed by atoms with Gasteiger partial charge < -0.3 is 15.8 Å². The van der Waals surface area contributed by atoms with E-state index in [0.717, 1.165) is 0 Å². The molecule has 16 heavy (non-hydrogen) atoms. The summed E-state index contributed by atoms with van der Waals surface area (Å²) < 4.78 is 5.06. The van der Waals surface area contributed by atoms with E-state index >= 15 is 0 Å². The minimum atomic E-state index is -0.157. The van der Waals surface area contributed by atoms with Crippen LogP contribution in [-0.4, -0.2) is 24.6 Å². The number of nitrogens with one attached hydrogen (secondary N) is 1. The van der Waals surface area contributed by atoms with Crippen molar-refractivity contribution in [3.05, 3.63) is 16.3 Å². The molecular formula is C10H14N2O2S2. The van der Waals surface area contributed by atoms with Gasteiger partial charge in [-0.25, -0.2) is 0 Å². The largest absolute Gasteiger partial charge is 0.495 e. The van der Waals surface area contributed by atoms with Gasteiger partial charge in [0.05, 0.1) is 12.1 Å². The van der Waals surface area contributed by atoms with Crippen molar-refractivity contribution < 1.29 is 9.53 Å². The van der Waals surface area contributed by atoms with E-state index in [4.69, 9.17) is 22.7 Å². The molecule has 4 nitrogen and oxygen atoms in total. The fourth-order valence-electron chi connectivity index (χ4n) is 1.05. The number of thiophene rings is 1. The van der Waals surface area contributed by atoms with Crippen molar-refractivity contribution >= 4 is 34.5 Å². The first-order valence-electron chi connectivity index (χ1n) is 4.75. The number of hydrogen-bond donors (Lipinski definition) is 2. The number of hydrogen-bond acceptors (Lipinski definition) is 4. The van der Waals surface area contributed by atoms with Gasteiger partial charge in [0.1, 0.15) is 10.6 Å². The van der Waals surface area contributed by atoms with Crippen LogP contribution in [0.3, 0.4) is 0 Å². The number of methoxy groups -OCH3 is 1. The number of ether oxygens (including phenoxy) is 1. The Morgan fingerprint density at radius 3 is 3.00 bits per heavy atom. The standard InChI is InChI=1S/C10H14N2O2S2/c1-6(9(11)15)5-12-10(13)8-7(14-2)3-4-16-8/h3-4,6H,5H2,1-2H3,(H2,11,15)(H,12,13). The monoisotopic (exact) mass is 258 g/mol. The molecule has 88 valence electrons. The molecular weight excluding hydrogens is 244 g/mol. The second-order valence-electron chi connectivity index (χ2n) is 3.33. The van der Waals surface area contributed by atoms with E-state index in [9.17, 15) is 4.79 Å². The van der Waals surface area contributed by atoms with Gasteiger partial charge in [0.15, 0.2) is 0 Å². The predicted molar refractivity (Wildman–Crippen MR) is 69.2 cm³/mol. The molecule has 1 aromatic rings. The number of nitrogens with two attached hydrogens (primary N) is 1. The van der Waals surface area contributed by atoms with Crippen molar-refractivity contribution in [2.45, 2.75) is 6.92 Å². The summed E-state index contributed by atoms with van der Waals surface area (Å²) in [5.74, 6) is 0.422. The van der Waals surface area contributed by atoms with Crippen molar-refractivity contribution in [3.63, 3.8) is 0 Å². The van der Waals surface area contributed by atoms with Gasteiger partial charge in [0.25, 0.3) is 5.91 Å². The summed E-state index contributed by atoms with van der Waals surface area (Å²) in [4.78, 5) is 12.7. The summed E-state index contributed by atoms with van der Waals surface area (Å²) in [6.07, 6.45) is 0. The van der Waals surface area contributed by atoms with E-state index in [-0.39, 0.29) is 11.8 Å². The van der Waals surface area contributed by atoms with Gasteiger partial charge in [-0.05, 0) is 11.4 Å². The van der Waals surface area contributed by atoms with E-state index in [1.54, 1.807) is 6.07 Å². The fourth-order valence-corrected chi connectivity index (χ4v) is 1.91. The molecule has 0 aliphatic heterocycles. The molecule has 1 atom stereocenters. The van der Waals surface area contributed by atoms with Gasteiger partial charge in [-0.3, -0.25) is 4.79 Å². The van der Waals surface area contributed by atoms with Gasteiger partial charge in [-0.2, -0.15) is 0 Å². The lowest BCUT2D eigenvalue weighted by molar-refractivity contribution is 0.0952. The molecule has 0 radical (unpaired) electrons. The second-order valence-corrected chi connectivity index (χ2v) is 4.72. The van der Waals surface area contributed by atoms with Gasteiger partial charge >= 0.3 is 0 Å². The van der Waals surface area contributed by atoms with E-state index in [2.05, 4.69) is 5.32 Å². The fraction of sp³-hybridized carbons (Fsp3) is 0.400. The van der Waals surface area contributed by atoms with Gasteiger partial charge in [0, 0.05) is 12.5 Å². The van der Waals surface area contributed by atoms with Crippen LogP contribution in [0.2, 0.25) is 0 Å². The Hall–Kier alpha value is -1.14. The Labute approximate surface area is 104 Å². The zero-order valence-corrected chi connectivity index (χ0v) is 10.8. The molecule has 0 aromatic carbocycles. The third kappa shape index (κ3) is 3.18.